The van der Waals surface area contributed by atoms with Gasteiger partial charge in [-0.15, -0.1) is 34.5 Å². The van der Waals surface area contributed by atoms with E-state index < -0.39 is 9.04 Å². The van der Waals surface area contributed by atoms with Gasteiger partial charge >= 0.3 is 26.2 Å². The largest absolute Gasteiger partial charge is 3.00 e. The zero-order valence-electron chi connectivity index (χ0n) is 19.0. The number of fused-ring (bicyclic) bond motifs is 1. The average Bonchev–Trinajstić information content (AvgIpc) is 3.01. The smallest absolute Gasteiger partial charge is 1.00 e. The minimum absolute atomic E-state index is 0. The molecule has 0 aliphatic heterocycles. The summed E-state index contributed by atoms with van der Waals surface area (Å²) in [5.74, 6) is 0. The topological polar surface area (TPSA) is 20.2 Å². The van der Waals surface area contributed by atoms with Crippen LogP contribution < -0.4 is 24.8 Å². The van der Waals surface area contributed by atoms with Gasteiger partial charge in [-0.2, -0.15) is 6.07 Å². The molecule has 5 heteroatoms. The Morgan fingerprint density at radius 1 is 0.967 bits per heavy atom. The maximum absolute atomic E-state index is 8.16. The Hall–Kier alpha value is -0.310. The Morgan fingerprint density at radius 2 is 1.53 bits per heavy atom. The van der Waals surface area contributed by atoms with Crippen molar-refractivity contribution in [3.05, 3.63) is 65.7 Å². The fourth-order valence-corrected chi connectivity index (χ4v) is 3.22. The summed E-state index contributed by atoms with van der Waals surface area (Å²) in [5, 5.41) is 2.76. The molecular formula is C25H34Cl2OSiZr. The van der Waals surface area contributed by atoms with Gasteiger partial charge in [-0.3, -0.25) is 0 Å². The van der Waals surface area contributed by atoms with Crippen LogP contribution in [0.5, 0.6) is 0 Å². The number of hydrogen-bond acceptors (Lipinski definition) is 1. The van der Waals surface area contributed by atoms with Gasteiger partial charge in [-0.25, -0.2) is 0 Å². The second-order valence-corrected chi connectivity index (χ2v) is 10.4. The van der Waals surface area contributed by atoms with Gasteiger partial charge in [0.15, 0.2) is 9.04 Å². The Bertz CT molecular complexity index is 849. The second-order valence-electron chi connectivity index (χ2n) is 8.55. The molecule has 30 heavy (non-hydrogen) atoms. The zero-order valence-corrected chi connectivity index (χ0v) is 24.0. The average molecular weight is 541 g/mol. The molecule has 0 saturated heterocycles. The third-order valence-corrected chi connectivity index (χ3v) is 4.69. The molecule has 2 radical (unpaired) electrons. The van der Waals surface area contributed by atoms with Gasteiger partial charge in [0.25, 0.3) is 0 Å². The van der Waals surface area contributed by atoms with Crippen molar-refractivity contribution in [3.63, 3.8) is 0 Å². The fourth-order valence-electron chi connectivity index (χ4n) is 3.22. The van der Waals surface area contributed by atoms with Crippen molar-refractivity contribution in [2.24, 2.45) is 0 Å². The predicted molar refractivity (Wildman–Crippen MR) is 122 cm³/mol. The van der Waals surface area contributed by atoms with E-state index >= 15 is 0 Å². The predicted octanol–water partition coefficient (Wildman–Crippen LogP) is 1.10. The summed E-state index contributed by atoms with van der Waals surface area (Å²) in [5.41, 5.74) is 5.74. The second kappa shape index (κ2) is 14.7. The Balaban J connectivity index is 0. The van der Waals surface area contributed by atoms with Gasteiger partial charge in [0.1, 0.15) is 0 Å². The summed E-state index contributed by atoms with van der Waals surface area (Å²) in [4.78, 5) is 8.16. The summed E-state index contributed by atoms with van der Waals surface area (Å²) in [6.45, 7) is 12.7. The van der Waals surface area contributed by atoms with Crippen molar-refractivity contribution < 1.29 is 55.8 Å². The van der Waals surface area contributed by atoms with E-state index in [2.05, 4.69) is 82.3 Å². The first-order valence-corrected chi connectivity index (χ1v) is 12.5. The van der Waals surface area contributed by atoms with Crippen molar-refractivity contribution in [2.75, 3.05) is 0 Å². The molecule has 1 nitrogen and oxygen atoms in total. The summed E-state index contributed by atoms with van der Waals surface area (Å²) < 4.78 is 0. The van der Waals surface area contributed by atoms with Crippen LogP contribution in [0.1, 0.15) is 51.7 Å². The molecule has 0 fully saturated rings. The van der Waals surface area contributed by atoms with Crippen LogP contribution in [0.15, 0.2) is 54.6 Å². The molecular weight excluding hydrogens is 506 g/mol. The van der Waals surface area contributed by atoms with E-state index in [1.165, 1.54) is 52.3 Å². The summed E-state index contributed by atoms with van der Waals surface area (Å²) in [7, 11) is -0.880. The molecule has 0 unspecified atom stereocenters. The van der Waals surface area contributed by atoms with Crippen LogP contribution in [-0.2, 0) is 38.0 Å². The third kappa shape index (κ3) is 9.45. The zero-order chi connectivity index (χ0) is 20.0. The minimum Gasteiger partial charge on any atom is -1.00 e. The molecule has 162 valence electrons. The summed E-state index contributed by atoms with van der Waals surface area (Å²) in [6.07, 6.45) is 3.71. The SMILES string of the molecule is CCCCc1cc2c(-c3ccc(C(C)(C)C)cc3)cccc2[cH-]1.C[Si](C)O.[Cl-].[Cl-].[Zr+3]. The van der Waals surface area contributed by atoms with Crippen LogP contribution >= 0.6 is 0 Å². The minimum atomic E-state index is -0.880. The van der Waals surface area contributed by atoms with Gasteiger partial charge in [0.2, 0.25) is 0 Å². The molecule has 0 aromatic heterocycles. The van der Waals surface area contributed by atoms with Crippen LogP contribution in [0.4, 0.5) is 0 Å². The van der Waals surface area contributed by atoms with Gasteiger partial charge in [-0.05, 0) is 36.1 Å². The molecule has 0 spiro atoms. The van der Waals surface area contributed by atoms with E-state index in [1.54, 1.807) is 0 Å². The molecule has 0 bridgehead atoms. The molecule has 0 heterocycles. The standard InChI is InChI=1S/C23H27.C2H7OSi.2ClH.Zr/c1-5-6-8-17-15-19-9-7-10-21(22(19)16-17)18-11-13-20(14-12-18)23(2,3)4;1-4(2)3;;;/h7,9-16H,5-6,8H2,1-4H3;3H,1-2H3;2*1H;/q-1;;;;+3/p-2. The summed E-state index contributed by atoms with van der Waals surface area (Å²) >= 11 is 0. The monoisotopic (exact) mass is 538 g/mol. The number of rotatable bonds is 4. The van der Waals surface area contributed by atoms with Crippen LogP contribution in [0.2, 0.25) is 13.1 Å². The molecule has 1 N–H and O–H groups in total. The first kappa shape index (κ1) is 31.9. The van der Waals surface area contributed by atoms with Crippen molar-refractivity contribution in [1.82, 2.24) is 0 Å². The number of aryl methyl sites for hydroxylation is 1. The molecule has 3 aromatic carbocycles. The van der Waals surface area contributed by atoms with Gasteiger partial charge in [0, 0.05) is 0 Å². The molecule has 0 aliphatic carbocycles. The van der Waals surface area contributed by atoms with Crippen LogP contribution in [0.3, 0.4) is 0 Å². The first-order valence-electron chi connectivity index (χ1n) is 10.0. The summed E-state index contributed by atoms with van der Waals surface area (Å²) in [6, 6.07) is 20.5. The molecule has 3 rings (SSSR count). The Labute approximate surface area is 216 Å². The van der Waals surface area contributed by atoms with Gasteiger partial charge < -0.3 is 29.6 Å². The van der Waals surface area contributed by atoms with E-state index in [-0.39, 0.29) is 56.4 Å². The van der Waals surface area contributed by atoms with Crippen molar-refractivity contribution >= 4 is 19.8 Å². The van der Waals surface area contributed by atoms with E-state index in [4.69, 9.17) is 4.80 Å². The van der Waals surface area contributed by atoms with Gasteiger partial charge in [-0.1, -0.05) is 76.4 Å². The quantitative estimate of drug-likeness (QED) is 0.388. The Kier molecular flexibility index (Phi) is 15.6. The van der Waals surface area contributed by atoms with Crippen molar-refractivity contribution in [2.45, 2.75) is 65.5 Å². The normalized spacial score (nSPS) is 10.4. The maximum Gasteiger partial charge on any atom is 3.00 e. The van der Waals surface area contributed by atoms with Gasteiger partial charge in [0.05, 0.1) is 0 Å². The van der Waals surface area contributed by atoms with Crippen molar-refractivity contribution in [3.8, 4) is 11.1 Å². The van der Waals surface area contributed by atoms with Crippen molar-refractivity contribution in [1.29, 1.82) is 0 Å². The molecule has 3 aromatic rings. The number of hydrogen-bond donors (Lipinski definition) is 1. The van der Waals surface area contributed by atoms with Crippen LogP contribution in [0, 0.1) is 0 Å². The molecule has 0 saturated carbocycles. The van der Waals surface area contributed by atoms with E-state index in [0.717, 1.165) is 0 Å². The van der Waals surface area contributed by atoms with E-state index in [0.29, 0.717) is 0 Å². The maximum atomic E-state index is 8.16. The fraction of sp³-hybridized carbons (Fsp3) is 0.400. The third-order valence-electron chi connectivity index (χ3n) is 4.69. The first-order chi connectivity index (χ1) is 12.7. The molecule has 0 aliphatic rings. The van der Waals surface area contributed by atoms with Crippen LogP contribution in [0.25, 0.3) is 21.9 Å². The van der Waals surface area contributed by atoms with Crippen LogP contribution in [-0.4, -0.2) is 13.8 Å². The molecule has 0 amide bonds. The molecule has 0 atom stereocenters. The number of benzene rings is 2. The Morgan fingerprint density at radius 3 is 2.03 bits per heavy atom. The van der Waals surface area contributed by atoms with E-state index in [1.807, 2.05) is 13.1 Å². The number of halogens is 2. The van der Waals surface area contributed by atoms with E-state index in [9.17, 15) is 0 Å². The number of unbranched alkanes of at least 4 members (excludes halogenated alkanes) is 1.